The summed E-state index contributed by atoms with van der Waals surface area (Å²) in [5.74, 6) is -0.718. The Morgan fingerprint density at radius 3 is 2.32 bits per heavy atom. The highest BCUT2D eigenvalue weighted by atomic mass is 35.5. The van der Waals surface area contributed by atoms with Gasteiger partial charge in [0.15, 0.2) is 0 Å². The SMILES string of the molecule is Cc1cccc(CN(C(=O)CN(c2ccc(Cl)cc2C)S(=O)(=O)c2ccccc2)[C@@H](C)C(=O)NC2CCCCC2)c1. The fourth-order valence-electron chi connectivity index (χ4n) is 5.29. The molecule has 0 radical (unpaired) electrons. The van der Waals surface area contributed by atoms with Gasteiger partial charge in [-0.15, -0.1) is 0 Å². The normalized spacial score (nSPS) is 14.7. The zero-order chi connectivity index (χ0) is 29.6. The van der Waals surface area contributed by atoms with Crippen molar-refractivity contribution in [3.8, 4) is 0 Å². The summed E-state index contributed by atoms with van der Waals surface area (Å²) in [6, 6.07) is 19.9. The van der Waals surface area contributed by atoms with Gasteiger partial charge >= 0.3 is 0 Å². The van der Waals surface area contributed by atoms with Gasteiger partial charge in [-0.2, -0.15) is 0 Å². The average molecular weight is 596 g/mol. The molecule has 41 heavy (non-hydrogen) atoms. The van der Waals surface area contributed by atoms with Crippen molar-refractivity contribution in [3.63, 3.8) is 0 Å². The third kappa shape index (κ3) is 7.68. The maximum absolute atomic E-state index is 14.1. The average Bonchev–Trinajstić information content (AvgIpc) is 2.95. The Morgan fingerprint density at radius 1 is 0.951 bits per heavy atom. The number of anilines is 1. The second kappa shape index (κ2) is 13.5. The van der Waals surface area contributed by atoms with Crippen molar-refractivity contribution in [1.82, 2.24) is 10.2 Å². The summed E-state index contributed by atoms with van der Waals surface area (Å²) in [6.07, 6.45) is 5.14. The van der Waals surface area contributed by atoms with E-state index < -0.39 is 28.5 Å². The van der Waals surface area contributed by atoms with Crippen LogP contribution >= 0.6 is 11.6 Å². The van der Waals surface area contributed by atoms with Gasteiger partial charge in [0, 0.05) is 17.6 Å². The minimum Gasteiger partial charge on any atom is -0.352 e. The van der Waals surface area contributed by atoms with Gasteiger partial charge in [0.25, 0.3) is 10.0 Å². The number of hydrogen-bond acceptors (Lipinski definition) is 4. The maximum Gasteiger partial charge on any atom is 0.264 e. The zero-order valence-corrected chi connectivity index (χ0v) is 25.4. The minimum absolute atomic E-state index is 0.0653. The molecule has 4 rings (SSSR count). The third-order valence-electron chi connectivity index (χ3n) is 7.59. The van der Waals surface area contributed by atoms with Gasteiger partial charge in [-0.05, 0) is 75.1 Å². The topological polar surface area (TPSA) is 86.8 Å². The number of nitrogens with zero attached hydrogens (tertiary/aromatic N) is 2. The van der Waals surface area contributed by atoms with E-state index in [-0.39, 0.29) is 23.4 Å². The van der Waals surface area contributed by atoms with Gasteiger partial charge in [0.2, 0.25) is 11.8 Å². The van der Waals surface area contributed by atoms with E-state index in [1.165, 1.54) is 17.0 Å². The van der Waals surface area contributed by atoms with E-state index in [2.05, 4.69) is 5.32 Å². The van der Waals surface area contributed by atoms with Crippen LogP contribution in [0.15, 0.2) is 77.7 Å². The molecule has 1 aliphatic rings. The van der Waals surface area contributed by atoms with Crippen LogP contribution in [-0.2, 0) is 26.2 Å². The number of carbonyl (C=O) groups excluding carboxylic acids is 2. The van der Waals surface area contributed by atoms with Crippen molar-refractivity contribution in [1.29, 1.82) is 0 Å². The summed E-state index contributed by atoms with van der Waals surface area (Å²) in [5.41, 5.74) is 2.84. The first-order chi connectivity index (χ1) is 19.6. The predicted octanol–water partition coefficient (Wildman–Crippen LogP) is 6.02. The van der Waals surface area contributed by atoms with E-state index in [1.54, 1.807) is 50.2 Å². The molecule has 218 valence electrons. The van der Waals surface area contributed by atoms with Crippen LogP contribution in [0.5, 0.6) is 0 Å². The van der Waals surface area contributed by atoms with Crippen molar-refractivity contribution in [3.05, 3.63) is 94.5 Å². The standard InChI is InChI=1S/C32H38ClN3O4S/c1-23-11-10-12-26(19-23)21-35(25(3)32(38)34-28-13-6-4-7-14-28)31(37)22-36(30-18-17-27(33)20-24(30)2)41(39,40)29-15-8-5-9-16-29/h5,8-12,15-20,25,28H,4,6-7,13-14,21-22H2,1-3H3,(H,34,38)/t25-/m0/s1. The Labute approximate surface area is 248 Å². The summed E-state index contributed by atoms with van der Waals surface area (Å²) < 4.78 is 29.0. The Balaban J connectivity index is 1.69. The number of nitrogens with one attached hydrogen (secondary N) is 1. The first-order valence-corrected chi connectivity index (χ1v) is 15.9. The summed E-state index contributed by atoms with van der Waals surface area (Å²) in [6.45, 7) is 5.11. The van der Waals surface area contributed by atoms with E-state index in [0.717, 1.165) is 47.5 Å². The molecule has 0 aliphatic heterocycles. The van der Waals surface area contributed by atoms with Gasteiger partial charge < -0.3 is 10.2 Å². The van der Waals surface area contributed by atoms with Crippen LogP contribution in [0.2, 0.25) is 5.02 Å². The third-order valence-corrected chi connectivity index (χ3v) is 9.60. The second-order valence-corrected chi connectivity index (χ2v) is 13.1. The van der Waals surface area contributed by atoms with Crippen molar-refractivity contribution in [2.75, 3.05) is 10.8 Å². The molecule has 7 nitrogen and oxygen atoms in total. The molecule has 1 aliphatic carbocycles. The largest absolute Gasteiger partial charge is 0.352 e. The van der Waals surface area contributed by atoms with Crippen molar-refractivity contribution >= 4 is 39.1 Å². The number of aryl methyl sites for hydroxylation is 2. The lowest BCUT2D eigenvalue weighted by molar-refractivity contribution is -0.139. The molecule has 0 saturated heterocycles. The van der Waals surface area contributed by atoms with Crippen LogP contribution in [0.4, 0.5) is 5.69 Å². The summed E-state index contributed by atoms with van der Waals surface area (Å²) in [4.78, 5) is 29.1. The smallest absolute Gasteiger partial charge is 0.264 e. The number of rotatable bonds is 10. The number of amides is 2. The van der Waals surface area contributed by atoms with Gasteiger partial charge in [-0.25, -0.2) is 8.42 Å². The molecule has 0 heterocycles. The molecule has 1 fully saturated rings. The molecule has 1 saturated carbocycles. The van der Waals surface area contributed by atoms with Crippen LogP contribution in [0.25, 0.3) is 0 Å². The van der Waals surface area contributed by atoms with E-state index in [4.69, 9.17) is 11.6 Å². The summed E-state index contributed by atoms with van der Waals surface area (Å²) in [5, 5.41) is 3.59. The fraction of sp³-hybridized carbons (Fsp3) is 0.375. The van der Waals surface area contributed by atoms with E-state index in [9.17, 15) is 18.0 Å². The first kappa shape index (κ1) is 30.6. The molecule has 0 aromatic heterocycles. The molecular formula is C32H38ClN3O4S. The molecule has 3 aromatic carbocycles. The van der Waals surface area contributed by atoms with Crippen LogP contribution in [-0.4, -0.2) is 43.8 Å². The molecule has 0 spiro atoms. The highest BCUT2D eigenvalue weighted by Gasteiger charge is 2.33. The van der Waals surface area contributed by atoms with Crippen LogP contribution in [0.3, 0.4) is 0 Å². The Bertz CT molecular complexity index is 1470. The Morgan fingerprint density at radius 2 is 1.66 bits per heavy atom. The monoisotopic (exact) mass is 595 g/mol. The van der Waals surface area contributed by atoms with Crippen molar-refractivity contribution in [2.45, 2.75) is 76.4 Å². The first-order valence-electron chi connectivity index (χ1n) is 14.1. The minimum atomic E-state index is -4.12. The molecule has 1 N–H and O–H groups in total. The van der Waals surface area contributed by atoms with Crippen LogP contribution in [0, 0.1) is 13.8 Å². The number of sulfonamides is 1. The second-order valence-electron chi connectivity index (χ2n) is 10.8. The lowest BCUT2D eigenvalue weighted by atomic mass is 9.95. The summed E-state index contributed by atoms with van der Waals surface area (Å²) in [7, 11) is -4.12. The predicted molar refractivity (Wildman–Crippen MR) is 163 cm³/mol. The number of hydrogen-bond donors (Lipinski definition) is 1. The lowest BCUT2D eigenvalue weighted by Gasteiger charge is -2.33. The van der Waals surface area contributed by atoms with Crippen molar-refractivity contribution < 1.29 is 18.0 Å². The maximum atomic E-state index is 14.1. The van der Waals surface area contributed by atoms with Gasteiger partial charge in [0.1, 0.15) is 12.6 Å². The summed E-state index contributed by atoms with van der Waals surface area (Å²) >= 11 is 6.18. The molecular weight excluding hydrogens is 558 g/mol. The molecule has 0 unspecified atom stereocenters. The molecule has 9 heteroatoms. The van der Waals surface area contributed by atoms with Crippen molar-refractivity contribution in [2.24, 2.45) is 0 Å². The molecule has 1 atom stereocenters. The van der Waals surface area contributed by atoms with Crippen LogP contribution < -0.4 is 9.62 Å². The van der Waals surface area contributed by atoms with E-state index in [1.807, 2.05) is 31.2 Å². The van der Waals surface area contributed by atoms with E-state index in [0.29, 0.717) is 16.3 Å². The Kier molecular flexibility index (Phi) is 10.1. The molecule has 0 bridgehead atoms. The van der Waals surface area contributed by atoms with Gasteiger partial charge in [-0.3, -0.25) is 13.9 Å². The highest BCUT2D eigenvalue weighted by Crippen LogP contribution is 2.29. The number of halogens is 1. The fourth-order valence-corrected chi connectivity index (χ4v) is 7.02. The Hall–Kier alpha value is -3.36. The van der Waals surface area contributed by atoms with Gasteiger partial charge in [0.05, 0.1) is 10.6 Å². The van der Waals surface area contributed by atoms with Gasteiger partial charge in [-0.1, -0.05) is 78.9 Å². The highest BCUT2D eigenvalue weighted by molar-refractivity contribution is 7.92. The number of benzene rings is 3. The molecule has 2 amide bonds. The van der Waals surface area contributed by atoms with Crippen LogP contribution in [0.1, 0.15) is 55.7 Å². The lowest BCUT2D eigenvalue weighted by Crippen LogP contribution is -2.53. The number of carbonyl (C=O) groups is 2. The van der Waals surface area contributed by atoms with E-state index >= 15 is 0 Å². The molecule has 3 aromatic rings. The quantitative estimate of drug-likeness (QED) is 0.311. The zero-order valence-electron chi connectivity index (χ0n) is 23.8.